The topological polar surface area (TPSA) is 72.2 Å². The smallest absolute Gasteiger partial charge is 0.185 e. The highest BCUT2D eigenvalue weighted by Crippen LogP contribution is 2.24. The van der Waals surface area contributed by atoms with Gasteiger partial charge >= 0.3 is 0 Å². The lowest BCUT2D eigenvalue weighted by molar-refractivity contribution is -0.125. The predicted octanol–water partition coefficient (Wildman–Crippen LogP) is 4.28. The molecule has 1 aliphatic heterocycles. The fourth-order valence-electron chi connectivity index (χ4n) is 2.73. The Hall–Kier alpha value is -1.49. The first-order valence-corrected chi connectivity index (χ1v) is 9.13. The van der Waals surface area contributed by atoms with Gasteiger partial charge in [-0.1, -0.05) is 41.5 Å². The van der Waals surface area contributed by atoms with Crippen molar-refractivity contribution >= 4 is 11.6 Å². The molecule has 2 rings (SSSR count). The van der Waals surface area contributed by atoms with Gasteiger partial charge in [-0.15, -0.1) is 0 Å². The van der Waals surface area contributed by atoms with E-state index in [4.69, 9.17) is 4.42 Å². The van der Waals surface area contributed by atoms with E-state index < -0.39 is 0 Å². The van der Waals surface area contributed by atoms with Gasteiger partial charge in [0.15, 0.2) is 12.2 Å². The Kier molecular flexibility index (Phi) is 8.00. The zero-order chi connectivity index (χ0) is 19.1. The van der Waals surface area contributed by atoms with Gasteiger partial charge in [0.1, 0.15) is 17.7 Å². The third kappa shape index (κ3) is 9.54. The maximum Gasteiger partial charge on any atom is 0.185 e. The van der Waals surface area contributed by atoms with E-state index in [0.717, 1.165) is 32.4 Å². The fraction of sp³-hybridized carbons (Fsp3) is 0.750. The number of piperidine rings is 1. The molecule has 5 heteroatoms. The number of carbonyl (C=O) groups excluding carboxylic acids is 2. The van der Waals surface area contributed by atoms with Crippen molar-refractivity contribution in [1.82, 2.24) is 10.3 Å². The van der Waals surface area contributed by atoms with Crippen LogP contribution in [0.3, 0.4) is 0 Å². The molecular formula is C20H34N2O3. The third-order valence-corrected chi connectivity index (χ3v) is 3.91. The van der Waals surface area contributed by atoms with Crippen LogP contribution in [0.5, 0.6) is 0 Å². The summed E-state index contributed by atoms with van der Waals surface area (Å²) < 4.78 is 4.72. The van der Waals surface area contributed by atoms with Crippen LogP contribution in [0.15, 0.2) is 17.1 Å². The predicted molar refractivity (Wildman–Crippen MR) is 99.6 cm³/mol. The Labute approximate surface area is 152 Å². The number of nitrogens with zero attached hydrogens (tertiary/aromatic N) is 1. The molecule has 0 aromatic carbocycles. The zero-order valence-electron chi connectivity index (χ0n) is 16.6. The third-order valence-electron chi connectivity index (χ3n) is 3.91. The molecule has 0 spiro atoms. The molecule has 0 aliphatic carbocycles. The van der Waals surface area contributed by atoms with Crippen LogP contribution in [0.1, 0.15) is 77.7 Å². The summed E-state index contributed by atoms with van der Waals surface area (Å²) in [4.78, 5) is 27.0. The number of aromatic nitrogens is 1. The summed E-state index contributed by atoms with van der Waals surface area (Å²) in [5.74, 6) is 0.839. The van der Waals surface area contributed by atoms with Crippen molar-refractivity contribution in [2.45, 2.75) is 67.2 Å². The summed E-state index contributed by atoms with van der Waals surface area (Å²) in [6.45, 7) is 14.5. The molecule has 1 saturated heterocycles. The summed E-state index contributed by atoms with van der Waals surface area (Å²) in [6.07, 6.45) is 5.96. The van der Waals surface area contributed by atoms with E-state index in [2.05, 4.69) is 31.1 Å². The molecule has 0 atom stereocenters. The number of ketones is 2. The maximum atomic E-state index is 11.8. The molecule has 25 heavy (non-hydrogen) atoms. The van der Waals surface area contributed by atoms with Gasteiger partial charge in [-0.3, -0.25) is 9.59 Å². The lowest BCUT2D eigenvalue weighted by Gasteiger charge is -2.25. The van der Waals surface area contributed by atoms with Crippen molar-refractivity contribution in [1.29, 1.82) is 0 Å². The Bertz CT molecular complexity index is 530. The molecule has 5 nitrogen and oxygen atoms in total. The van der Waals surface area contributed by atoms with Crippen molar-refractivity contribution in [3.05, 3.63) is 18.4 Å². The minimum atomic E-state index is 0.00995. The van der Waals surface area contributed by atoms with Gasteiger partial charge in [0.05, 0.1) is 0 Å². The lowest BCUT2D eigenvalue weighted by atomic mass is 9.83. The number of nitrogens with one attached hydrogen (secondary N) is 1. The fourth-order valence-corrected chi connectivity index (χ4v) is 2.73. The molecule has 1 aromatic rings. The Morgan fingerprint density at radius 3 is 2.08 bits per heavy atom. The molecule has 1 fully saturated rings. The monoisotopic (exact) mass is 350 g/mol. The SMILES string of the molecule is CC(C)(C)CC(=O)C1CCNCC1.CC(C)(C)CC(=O)c1cocn1. The second kappa shape index (κ2) is 9.27. The second-order valence-corrected chi connectivity index (χ2v) is 9.26. The molecule has 1 aromatic heterocycles. The highest BCUT2D eigenvalue weighted by Gasteiger charge is 2.24. The molecule has 142 valence electrons. The molecule has 2 heterocycles. The van der Waals surface area contributed by atoms with Crippen LogP contribution in [0.4, 0.5) is 0 Å². The number of carbonyl (C=O) groups is 2. The standard InChI is InChI=1S/C11H21NO.C9H13NO2/c1-11(2,3)8-10(13)9-4-6-12-7-5-9;1-9(2,3)4-8(11)7-5-12-6-10-7/h9,12H,4-8H2,1-3H3;5-6H,4H2,1-3H3. The molecule has 0 saturated carbocycles. The van der Waals surface area contributed by atoms with Gasteiger partial charge < -0.3 is 9.73 Å². The van der Waals surface area contributed by atoms with Crippen LogP contribution in [-0.2, 0) is 4.79 Å². The van der Waals surface area contributed by atoms with Crippen LogP contribution in [0, 0.1) is 16.7 Å². The molecule has 1 aliphatic rings. The maximum absolute atomic E-state index is 11.8. The normalized spacial score (nSPS) is 16.1. The van der Waals surface area contributed by atoms with Gasteiger partial charge in [-0.2, -0.15) is 0 Å². The van der Waals surface area contributed by atoms with Gasteiger partial charge in [0.25, 0.3) is 0 Å². The number of hydrogen-bond donors (Lipinski definition) is 1. The van der Waals surface area contributed by atoms with Crippen LogP contribution in [0.2, 0.25) is 0 Å². The molecular weight excluding hydrogens is 316 g/mol. The highest BCUT2D eigenvalue weighted by molar-refractivity contribution is 5.94. The van der Waals surface area contributed by atoms with Gasteiger partial charge in [-0.05, 0) is 36.8 Å². The first-order valence-electron chi connectivity index (χ1n) is 9.13. The van der Waals surface area contributed by atoms with Crippen molar-refractivity contribution in [2.75, 3.05) is 13.1 Å². The van der Waals surface area contributed by atoms with Crippen LogP contribution >= 0.6 is 0 Å². The van der Waals surface area contributed by atoms with Crippen LogP contribution in [0.25, 0.3) is 0 Å². The van der Waals surface area contributed by atoms with Gasteiger partial charge in [0, 0.05) is 18.8 Å². The van der Waals surface area contributed by atoms with E-state index >= 15 is 0 Å². The summed E-state index contributed by atoms with van der Waals surface area (Å²) in [5.41, 5.74) is 0.586. The Morgan fingerprint density at radius 2 is 1.64 bits per heavy atom. The average Bonchev–Trinajstić information content (AvgIpc) is 3.00. The van der Waals surface area contributed by atoms with Crippen molar-refractivity contribution in [3.63, 3.8) is 0 Å². The summed E-state index contributed by atoms with van der Waals surface area (Å²) >= 11 is 0. The lowest BCUT2D eigenvalue weighted by Crippen LogP contribution is -2.33. The van der Waals surface area contributed by atoms with E-state index in [1.54, 1.807) is 0 Å². The molecule has 0 bridgehead atoms. The van der Waals surface area contributed by atoms with Crippen LogP contribution < -0.4 is 5.32 Å². The average molecular weight is 351 g/mol. The van der Waals surface area contributed by atoms with E-state index in [-0.39, 0.29) is 16.6 Å². The van der Waals surface area contributed by atoms with E-state index in [1.165, 1.54) is 12.7 Å². The molecule has 1 N–H and O–H groups in total. The first-order chi connectivity index (χ1) is 11.5. The number of Topliss-reactive ketones (excluding diaryl/α,β-unsaturated/α-hetero) is 2. The quantitative estimate of drug-likeness (QED) is 0.820. The van der Waals surface area contributed by atoms with Crippen LogP contribution in [-0.4, -0.2) is 29.6 Å². The largest absolute Gasteiger partial charge is 0.451 e. The minimum Gasteiger partial charge on any atom is -0.451 e. The molecule has 0 unspecified atom stereocenters. The number of hydrogen-bond acceptors (Lipinski definition) is 5. The molecule has 0 amide bonds. The first kappa shape index (κ1) is 21.6. The minimum absolute atomic E-state index is 0.00995. The van der Waals surface area contributed by atoms with Crippen molar-refractivity contribution in [2.24, 2.45) is 16.7 Å². The van der Waals surface area contributed by atoms with Gasteiger partial charge in [-0.25, -0.2) is 4.98 Å². The van der Waals surface area contributed by atoms with E-state index in [1.807, 2.05) is 20.8 Å². The summed E-state index contributed by atoms with van der Waals surface area (Å²) in [7, 11) is 0. The number of oxazole rings is 1. The zero-order valence-corrected chi connectivity index (χ0v) is 16.6. The Morgan fingerprint density at radius 1 is 1.08 bits per heavy atom. The van der Waals surface area contributed by atoms with Gasteiger partial charge in [0.2, 0.25) is 0 Å². The summed E-state index contributed by atoms with van der Waals surface area (Å²) in [6, 6.07) is 0. The Balaban J connectivity index is 0.000000251. The molecule has 0 radical (unpaired) electrons. The second-order valence-electron chi connectivity index (χ2n) is 9.26. The van der Waals surface area contributed by atoms with Crippen molar-refractivity contribution < 1.29 is 14.0 Å². The number of rotatable bonds is 4. The van der Waals surface area contributed by atoms with E-state index in [0.29, 0.717) is 23.8 Å². The summed E-state index contributed by atoms with van der Waals surface area (Å²) in [5, 5.41) is 3.28. The van der Waals surface area contributed by atoms with E-state index in [9.17, 15) is 9.59 Å². The highest BCUT2D eigenvalue weighted by atomic mass is 16.3. The van der Waals surface area contributed by atoms with Crippen molar-refractivity contribution in [3.8, 4) is 0 Å².